The smallest absolute Gasteiger partial charge is 0.0101 e. The lowest BCUT2D eigenvalue weighted by atomic mass is 10.3. The molecule has 4 unspecified atom stereocenters. The van der Waals surface area contributed by atoms with Gasteiger partial charge in [-0.1, -0.05) is 99.6 Å². The summed E-state index contributed by atoms with van der Waals surface area (Å²) in [5.74, 6) is 0. The molecule has 0 aliphatic carbocycles. The molecule has 0 N–H and O–H groups in total. The highest BCUT2D eigenvalue weighted by Crippen LogP contribution is 2.96. The van der Waals surface area contributed by atoms with Crippen molar-refractivity contribution in [2.75, 3.05) is 0 Å². The van der Waals surface area contributed by atoms with Crippen LogP contribution in [0.5, 0.6) is 0 Å². The molecule has 0 spiro atoms. The van der Waals surface area contributed by atoms with Crippen LogP contribution in [0, 0.1) is 0 Å². The summed E-state index contributed by atoms with van der Waals surface area (Å²) in [5.41, 5.74) is 0. The summed E-state index contributed by atoms with van der Waals surface area (Å²) in [6, 6.07) is 0. The average Bonchev–Trinajstić information content (AvgIpc) is 2.04. The molecule has 0 aromatic heterocycles. The fraction of sp³-hybridized carbons (Fsp3) is 1.00. The first-order valence-electron chi connectivity index (χ1n) is 7.59. The second-order valence-corrected chi connectivity index (χ2v) is 25.7. The summed E-state index contributed by atoms with van der Waals surface area (Å²) in [7, 11) is 2.45. The largest absolute Gasteiger partial charge is 0.0851 e. The van der Waals surface area contributed by atoms with Gasteiger partial charge in [0.25, 0.3) is 0 Å². The SMILES string of the molecule is CC(C)(C)PP(P(PC(C)(C)C)C(C)(C)C)C(C)(C)C. The van der Waals surface area contributed by atoms with Crippen molar-refractivity contribution in [1.82, 2.24) is 0 Å². The zero-order chi connectivity index (χ0) is 16.6. The lowest BCUT2D eigenvalue weighted by Gasteiger charge is -2.48. The maximum atomic E-state index is 2.49. The highest BCUT2D eigenvalue weighted by atomic mass is 32.6. The number of hydrogen-bond donors (Lipinski definition) is 0. The Morgan fingerprint density at radius 2 is 0.650 bits per heavy atom. The molecule has 4 atom stereocenters. The summed E-state index contributed by atoms with van der Waals surface area (Å²) in [5, 5.41) is 1.93. The first-order chi connectivity index (χ1) is 8.43. The van der Waals surface area contributed by atoms with Crippen LogP contribution < -0.4 is 0 Å². The van der Waals surface area contributed by atoms with Gasteiger partial charge in [0.05, 0.1) is 0 Å². The molecule has 0 radical (unpaired) electrons. The highest BCUT2D eigenvalue weighted by Gasteiger charge is 2.41. The highest BCUT2D eigenvalue weighted by molar-refractivity contribution is 8.72. The van der Waals surface area contributed by atoms with Crippen molar-refractivity contribution in [3.8, 4) is 0 Å². The molecule has 0 aliphatic rings. The molecule has 0 saturated carbocycles. The maximum absolute atomic E-state index is 2.49. The molecule has 0 nitrogen and oxygen atoms in total. The lowest BCUT2D eigenvalue weighted by molar-refractivity contribution is 0.775. The first-order valence-corrected chi connectivity index (χ1v) is 14.7. The summed E-state index contributed by atoms with van der Waals surface area (Å²) in [4.78, 5) is 0. The monoisotopic (exact) mass is 354 g/mol. The molecule has 0 fully saturated rings. The van der Waals surface area contributed by atoms with Gasteiger partial charge in [-0.3, -0.25) is 0 Å². The minimum Gasteiger partial charge on any atom is -0.0851 e. The first kappa shape index (κ1) is 21.7. The Morgan fingerprint density at radius 1 is 0.450 bits per heavy atom. The summed E-state index contributed by atoms with van der Waals surface area (Å²) < 4.78 is 0. The van der Waals surface area contributed by atoms with Crippen molar-refractivity contribution in [3.63, 3.8) is 0 Å². The van der Waals surface area contributed by atoms with Gasteiger partial charge in [0.2, 0.25) is 0 Å². The van der Waals surface area contributed by atoms with E-state index in [1.54, 1.807) is 0 Å². The van der Waals surface area contributed by atoms with E-state index in [4.69, 9.17) is 0 Å². The lowest BCUT2D eigenvalue weighted by Crippen LogP contribution is -2.19. The zero-order valence-corrected chi connectivity index (χ0v) is 19.7. The van der Waals surface area contributed by atoms with Crippen molar-refractivity contribution in [2.45, 2.75) is 104 Å². The Bertz CT molecular complexity index is 264. The third-order valence-corrected chi connectivity index (χ3v) is 28.4. The minimum absolute atomic E-state index is 0.0993. The molecule has 0 bridgehead atoms. The molecule has 122 valence electrons. The van der Waals surface area contributed by atoms with Crippen LogP contribution in [0.2, 0.25) is 0 Å². The van der Waals surface area contributed by atoms with Gasteiger partial charge < -0.3 is 0 Å². The molecule has 0 aromatic carbocycles. The van der Waals surface area contributed by atoms with Crippen LogP contribution >= 0.6 is 31.1 Å². The molecular weight excluding hydrogens is 316 g/mol. The Morgan fingerprint density at radius 3 is 0.750 bits per heavy atom. The van der Waals surface area contributed by atoms with Gasteiger partial charge in [-0.25, -0.2) is 0 Å². The van der Waals surface area contributed by atoms with E-state index < -0.39 is 0 Å². The van der Waals surface area contributed by atoms with E-state index in [2.05, 4.69) is 83.1 Å². The third-order valence-electron chi connectivity index (χ3n) is 2.35. The maximum Gasteiger partial charge on any atom is -0.0101 e. The standard InChI is InChI=1S/C16H38P4/c1-13(2,3)17-19(15(7,8)9)20(16(10,11)12)18-14(4,5)6/h17-18H,1-12H3. The van der Waals surface area contributed by atoms with Crippen LogP contribution in [0.1, 0.15) is 83.1 Å². The number of hydrogen-bond acceptors (Lipinski definition) is 0. The van der Waals surface area contributed by atoms with Crippen LogP contribution in [0.4, 0.5) is 0 Å². The summed E-state index contributed by atoms with van der Waals surface area (Å²) in [6.45, 7) is 29.6. The van der Waals surface area contributed by atoms with Crippen LogP contribution in [-0.2, 0) is 0 Å². The second kappa shape index (κ2) is 7.09. The molecule has 0 rings (SSSR count). The fourth-order valence-corrected chi connectivity index (χ4v) is 30.3. The molecule has 4 heteroatoms. The average molecular weight is 354 g/mol. The van der Waals surface area contributed by atoms with Gasteiger partial charge in [0, 0.05) is 0 Å². The quantitative estimate of drug-likeness (QED) is 0.448. The van der Waals surface area contributed by atoms with Gasteiger partial charge in [-0.2, -0.15) is 0 Å². The number of rotatable bonds is 3. The predicted octanol–water partition coefficient (Wildman–Crippen LogP) is 8.25. The van der Waals surface area contributed by atoms with Crippen LogP contribution in [0.25, 0.3) is 0 Å². The summed E-state index contributed by atoms with van der Waals surface area (Å²) >= 11 is 0. The topological polar surface area (TPSA) is 0 Å². The van der Waals surface area contributed by atoms with Crippen molar-refractivity contribution >= 4 is 31.1 Å². The van der Waals surface area contributed by atoms with E-state index in [0.717, 1.165) is 16.5 Å². The normalized spacial score (nSPS) is 19.2. The zero-order valence-electron chi connectivity index (χ0n) is 15.9. The Kier molecular flexibility index (Phi) is 7.70. The van der Waals surface area contributed by atoms with Gasteiger partial charge >= 0.3 is 0 Å². The van der Waals surface area contributed by atoms with E-state index >= 15 is 0 Å². The van der Waals surface area contributed by atoms with Crippen molar-refractivity contribution in [2.24, 2.45) is 0 Å². The van der Waals surface area contributed by atoms with Crippen molar-refractivity contribution < 1.29 is 0 Å². The van der Waals surface area contributed by atoms with Gasteiger partial charge in [-0.15, -0.1) is 0 Å². The van der Waals surface area contributed by atoms with Gasteiger partial charge in [0.1, 0.15) is 0 Å². The van der Waals surface area contributed by atoms with Crippen LogP contribution in [-0.4, -0.2) is 20.6 Å². The molecule has 0 saturated heterocycles. The van der Waals surface area contributed by atoms with E-state index in [1.807, 2.05) is 0 Å². The summed E-state index contributed by atoms with van der Waals surface area (Å²) in [6.07, 6.45) is 0. The fourth-order valence-electron chi connectivity index (χ4n) is 1.67. The Labute approximate surface area is 135 Å². The van der Waals surface area contributed by atoms with E-state index in [0.29, 0.717) is 20.6 Å². The van der Waals surface area contributed by atoms with Crippen LogP contribution in [0.3, 0.4) is 0 Å². The second-order valence-electron chi connectivity index (χ2n) is 9.69. The van der Waals surface area contributed by atoms with Gasteiger partial charge in [-0.05, 0) is 35.2 Å². The van der Waals surface area contributed by atoms with Crippen molar-refractivity contribution in [3.05, 3.63) is 0 Å². The predicted molar refractivity (Wildman–Crippen MR) is 109 cm³/mol. The van der Waals surface area contributed by atoms with Crippen LogP contribution in [0.15, 0.2) is 0 Å². The van der Waals surface area contributed by atoms with E-state index in [1.165, 1.54) is 0 Å². The Hall–Kier alpha value is 1.72. The third kappa shape index (κ3) is 8.99. The molecule has 0 amide bonds. The Balaban J connectivity index is 5.54. The van der Waals surface area contributed by atoms with E-state index in [9.17, 15) is 0 Å². The van der Waals surface area contributed by atoms with Crippen molar-refractivity contribution in [1.29, 1.82) is 0 Å². The molecular formula is C16H38P4. The molecule has 20 heavy (non-hydrogen) atoms. The molecule has 0 aromatic rings. The molecule has 0 aliphatic heterocycles. The van der Waals surface area contributed by atoms with Gasteiger partial charge in [0.15, 0.2) is 0 Å². The van der Waals surface area contributed by atoms with E-state index in [-0.39, 0.29) is 14.6 Å². The molecule has 0 heterocycles. The minimum atomic E-state index is 0.0993.